The molecule has 10 heteroatoms. The van der Waals surface area contributed by atoms with Gasteiger partial charge in [0.2, 0.25) is 0 Å². The van der Waals surface area contributed by atoms with E-state index in [9.17, 15) is 9.59 Å². The number of anilines is 1. The Hall–Kier alpha value is -3.43. The van der Waals surface area contributed by atoms with Gasteiger partial charge in [0.05, 0.1) is 19.4 Å². The first-order valence-electron chi connectivity index (χ1n) is 9.13. The number of carbonyl (C=O) groups is 2. The molecule has 0 saturated carbocycles. The molecule has 0 radical (unpaired) electrons. The molecule has 0 fully saturated rings. The van der Waals surface area contributed by atoms with Crippen molar-refractivity contribution in [2.45, 2.75) is 27.7 Å². The Labute approximate surface area is 169 Å². The largest absolute Gasteiger partial charge is 0.462 e. The van der Waals surface area contributed by atoms with Crippen molar-refractivity contribution in [2.75, 3.05) is 18.9 Å². The molecule has 2 aromatic heterocycles. The van der Waals surface area contributed by atoms with Crippen LogP contribution in [-0.2, 0) is 33.2 Å². The van der Waals surface area contributed by atoms with Crippen molar-refractivity contribution in [3.05, 3.63) is 28.6 Å². The number of ether oxygens (including phenoxy) is 2. The summed E-state index contributed by atoms with van der Waals surface area (Å²) in [5.74, 6) is 0.720. The van der Waals surface area contributed by atoms with E-state index < -0.39 is 11.9 Å². The van der Waals surface area contributed by atoms with E-state index >= 15 is 0 Å². The van der Waals surface area contributed by atoms with Crippen LogP contribution in [0.3, 0.4) is 0 Å². The highest BCUT2D eigenvalue weighted by Crippen LogP contribution is 2.24. The van der Waals surface area contributed by atoms with E-state index in [4.69, 9.17) is 15.2 Å². The number of aromatic nitrogens is 4. The lowest BCUT2D eigenvalue weighted by molar-refractivity contribution is -0.146. The molecule has 0 spiro atoms. The van der Waals surface area contributed by atoms with Crippen LogP contribution in [0.25, 0.3) is 6.08 Å². The van der Waals surface area contributed by atoms with Crippen LogP contribution in [-0.4, -0.2) is 50.5 Å². The molecule has 2 N–H and O–H groups in total. The van der Waals surface area contributed by atoms with Gasteiger partial charge in [-0.25, -0.2) is 24.5 Å². The summed E-state index contributed by atoms with van der Waals surface area (Å²) in [6.45, 7) is 7.17. The number of aryl methyl sites for hydroxylation is 2. The van der Waals surface area contributed by atoms with Crippen LogP contribution >= 0.6 is 0 Å². The lowest BCUT2D eigenvalue weighted by Crippen LogP contribution is -2.18. The zero-order chi connectivity index (χ0) is 21.7. The van der Waals surface area contributed by atoms with Crippen LogP contribution in [0.15, 0.2) is 10.6 Å². The fourth-order valence-electron chi connectivity index (χ4n) is 2.50. The fraction of sp³-hybridized carbons (Fsp3) is 0.421. The van der Waals surface area contributed by atoms with Gasteiger partial charge in [0.15, 0.2) is 5.82 Å². The predicted molar refractivity (Wildman–Crippen MR) is 109 cm³/mol. The smallest absolute Gasteiger partial charge is 0.345 e. The second-order valence-electron chi connectivity index (χ2n) is 6.17. The van der Waals surface area contributed by atoms with Crippen molar-refractivity contribution in [1.82, 2.24) is 19.1 Å². The highest BCUT2D eigenvalue weighted by atomic mass is 16.6. The molecular formula is C19H26N6O4. The third kappa shape index (κ3) is 4.71. The minimum absolute atomic E-state index is 0.125. The van der Waals surface area contributed by atoms with E-state index in [1.165, 1.54) is 12.3 Å². The molecule has 0 amide bonds. The van der Waals surface area contributed by atoms with E-state index in [1.54, 1.807) is 37.0 Å². The zero-order valence-corrected chi connectivity index (χ0v) is 17.5. The summed E-state index contributed by atoms with van der Waals surface area (Å²) in [5, 5.41) is 0. The number of imidazole rings is 2. The van der Waals surface area contributed by atoms with Gasteiger partial charge in [0.25, 0.3) is 0 Å². The Kier molecular flexibility index (Phi) is 6.92. The monoisotopic (exact) mass is 402 g/mol. The first-order chi connectivity index (χ1) is 13.7. The van der Waals surface area contributed by atoms with Crippen LogP contribution in [0.4, 0.5) is 11.6 Å². The summed E-state index contributed by atoms with van der Waals surface area (Å²) in [6.07, 6.45) is 2.84. The second-order valence-corrected chi connectivity index (χ2v) is 6.17. The van der Waals surface area contributed by atoms with Gasteiger partial charge in [-0.05, 0) is 33.8 Å². The Balaban J connectivity index is 2.52. The van der Waals surface area contributed by atoms with Crippen LogP contribution in [0.1, 0.15) is 36.9 Å². The van der Waals surface area contributed by atoms with Gasteiger partial charge in [-0.15, -0.1) is 0 Å². The number of nitrogens with two attached hydrogens (primary N) is 1. The van der Waals surface area contributed by atoms with Gasteiger partial charge in [-0.2, -0.15) is 0 Å². The Morgan fingerprint density at radius 3 is 2.00 bits per heavy atom. The highest BCUT2D eigenvalue weighted by molar-refractivity contribution is 6.17. The van der Waals surface area contributed by atoms with Crippen molar-refractivity contribution in [1.29, 1.82) is 0 Å². The molecule has 0 unspecified atom stereocenters. The Bertz CT molecular complexity index is 963. The predicted octanol–water partition coefficient (Wildman–Crippen LogP) is 1.61. The summed E-state index contributed by atoms with van der Waals surface area (Å²) >= 11 is 0. The topological polar surface area (TPSA) is 127 Å². The van der Waals surface area contributed by atoms with E-state index in [-0.39, 0.29) is 18.8 Å². The first-order valence-corrected chi connectivity index (χ1v) is 9.13. The van der Waals surface area contributed by atoms with Crippen molar-refractivity contribution in [3.8, 4) is 0 Å². The number of hydrogen-bond donors (Lipinski definition) is 1. The standard InChI is InChI=1S/C19H26N6O4/c1-7-28-18(26)13(19(27)29-8-2)9-14-17(25(6)12(4)22-14)21-10-15-16(20)24(5)11(3)23-15/h9-10H,7-8,20H2,1-6H3/b21-10+. The molecule has 0 atom stereocenters. The molecule has 0 aliphatic carbocycles. The summed E-state index contributed by atoms with van der Waals surface area (Å²) in [4.78, 5) is 37.7. The molecule has 156 valence electrons. The molecule has 0 bridgehead atoms. The average molecular weight is 402 g/mol. The number of hydrogen-bond acceptors (Lipinski definition) is 8. The van der Waals surface area contributed by atoms with Crippen LogP contribution in [0.5, 0.6) is 0 Å². The number of esters is 2. The molecule has 2 heterocycles. The molecule has 29 heavy (non-hydrogen) atoms. The summed E-state index contributed by atoms with van der Waals surface area (Å²) < 4.78 is 13.4. The van der Waals surface area contributed by atoms with Crippen LogP contribution < -0.4 is 5.73 Å². The molecule has 0 aromatic carbocycles. The number of aliphatic imine (C=N–C) groups is 1. The zero-order valence-electron chi connectivity index (χ0n) is 17.5. The highest BCUT2D eigenvalue weighted by Gasteiger charge is 2.23. The Morgan fingerprint density at radius 1 is 1.00 bits per heavy atom. The summed E-state index contributed by atoms with van der Waals surface area (Å²) in [7, 11) is 3.58. The lowest BCUT2D eigenvalue weighted by Gasteiger charge is -2.06. The van der Waals surface area contributed by atoms with E-state index in [1.807, 2.05) is 14.0 Å². The number of rotatable bonds is 7. The fourth-order valence-corrected chi connectivity index (χ4v) is 2.50. The van der Waals surface area contributed by atoms with Gasteiger partial charge >= 0.3 is 11.9 Å². The van der Waals surface area contributed by atoms with Crippen molar-refractivity contribution in [3.63, 3.8) is 0 Å². The SMILES string of the molecule is CCOC(=O)C(=Cc1nc(C)n(C)c1/N=C/c1nc(C)n(C)c1N)C(=O)OCC. The van der Waals surface area contributed by atoms with Crippen molar-refractivity contribution in [2.24, 2.45) is 19.1 Å². The number of nitrogen functional groups attached to an aromatic ring is 1. The van der Waals surface area contributed by atoms with Crippen molar-refractivity contribution >= 4 is 35.9 Å². The number of nitrogens with zero attached hydrogens (tertiary/aromatic N) is 5. The van der Waals surface area contributed by atoms with Gasteiger partial charge < -0.3 is 24.3 Å². The molecule has 10 nitrogen and oxygen atoms in total. The average Bonchev–Trinajstić information content (AvgIpc) is 3.08. The maximum Gasteiger partial charge on any atom is 0.345 e. The second kappa shape index (κ2) is 9.18. The lowest BCUT2D eigenvalue weighted by atomic mass is 10.2. The third-order valence-electron chi connectivity index (χ3n) is 4.29. The minimum atomic E-state index is -0.784. The number of carbonyl (C=O) groups excluding carboxylic acids is 2. The molecule has 0 aliphatic heterocycles. The summed E-state index contributed by atoms with van der Waals surface area (Å²) in [5.41, 5.74) is 6.61. The van der Waals surface area contributed by atoms with E-state index in [0.29, 0.717) is 28.8 Å². The van der Waals surface area contributed by atoms with E-state index in [2.05, 4.69) is 15.0 Å². The molecular weight excluding hydrogens is 376 g/mol. The Morgan fingerprint density at radius 2 is 1.52 bits per heavy atom. The van der Waals surface area contributed by atoms with Crippen LogP contribution in [0.2, 0.25) is 0 Å². The van der Waals surface area contributed by atoms with E-state index in [0.717, 1.165) is 5.82 Å². The van der Waals surface area contributed by atoms with Crippen LogP contribution in [0, 0.1) is 13.8 Å². The van der Waals surface area contributed by atoms with Gasteiger partial charge in [0.1, 0.15) is 34.4 Å². The molecule has 0 saturated heterocycles. The molecule has 2 rings (SSSR count). The normalized spacial score (nSPS) is 11.0. The molecule has 0 aliphatic rings. The maximum atomic E-state index is 12.2. The third-order valence-corrected chi connectivity index (χ3v) is 4.29. The van der Waals surface area contributed by atoms with Gasteiger partial charge in [-0.1, -0.05) is 0 Å². The quantitative estimate of drug-likeness (QED) is 0.245. The van der Waals surface area contributed by atoms with Gasteiger partial charge in [0, 0.05) is 14.1 Å². The van der Waals surface area contributed by atoms with Crippen molar-refractivity contribution < 1.29 is 19.1 Å². The molecule has 2 aromatic rings. The first kappa shape index (κ1) is 21.9. The summed E-state index contributed by atoms with van der Waals surface area (Å²) in [6, 6.07) is 0. The van der Waals surface area contributed by atoms with Gasteiger partial charge in [-0.3, -0.25) is 0 Å². The maximum absolute atomic E-state index is 12.2. The minimum Gasteiger partial charge on any atom is -0.462 e.